The van der Waals surface area contributed by atoms with Crippen LogP contribution in [0.25, 0.3) is 0 Å². The Morgan fingerprint density at radius 1 is 1.60 bits per heavy atom. The standard InChI is InChI=1S/C7H17N3/c1-6(8)4-7-5-9-2-3-10-7/h6-7,9-10H,2-5,8H2,1H3/t6-,7-/m1/s1. The highest BCUT2D eigenvalue weighted by molar-refractivity contribution is 4.77. The molecule has 1 aliphatic heterocycles. The first-order chi connectivity index (χ1) is 4.79. The van der Waals surface area contributed by atoms with E-state index in [-0.39, 0.29) is 0 Å². The highest BCUT2D eigenvalue weighted by Gasteiger charge is 2.12. The Morgan fingerprint density at radius 2 is 2.40 bits per heavy atom. The summed E-state index contributed by atoms with van der Waals surface area (Å²) in [5.41, 5.74) is 5.66. The van der Waals surface area contributed by atoms with E-state index in [1.54, 1.807) is 0 Å². The predicted octanol–water partition coefficient (Wildman–Crippen LogP) is -0.715. The van der Waals surface area contributed by atoms with E-state index >= 15 is 0 Å². The van der Waals surface area contributed by atoms with E-state index in [0.717, 1.165) is 26.1 Å². The van der Waals surface area contributed by atoms with Crippen molar-refractivity contribution in [3.8, 4) is 0 Å². The van der Waals surface area contributed by atoms with Gasteiger partial charge < -0.3 is 16.4 Å². The summed E-state index contributed by atoms with van der Waals surface area (Å²) in [7, 11) is 0. The molecule has 1 heterocycles. The summed E-state index contributed by atoms with van der Waals surface area (Å²) in [6, 6.07) is 0.908. The third-order valence-electron chi connectivity index (χ3n) is 1.78. The van der Waals surface area contributed by atoms with Crippen molar-refractivity contribution in [3.05, 3.63) is 0 Å². The van der Waals surface area contributed by atoms with Gasteiger partial charge in [0, 0.05) is 31.7 Å². The normalized spacial score (nSPS) is 30.0. The Morgan fingerprint density at radius 3 is 2.90 bits per heavy atom. The molecular weight excluding hydrogens is 126 g/mol. The molecule has 4 N–H and O–H groups in total. The molecule has 0 aromatic heterocycles. The van der Waals surface area contributed by atoms with E-state index < -0.39 is 0 Å². The van der Waals surface area contributed by atoms with Crippen molar-refractivity contribution in [2.75, 3.05) is 19.6 Å². The van der Waals surface area contributed by atoms with E-state index in [1.165, 1.54) is 0 Å². The van der Waals surface area contributed by atoms with Crippen LogP contribution in [0, 0.1) is 0 Å². The van der Waals surface area contributed by atoms with Gasteiger partial charge in [0.2, 0.25) is 0 Å². The fourth-order valence-electron chi connectivity index (χ4n) is 1.33. The van der Waals surface area contributed by atoms with Gasteiger partial charge in [-0.1, -0.05) is 0 Å². The van der Waals surface area contributed by atoms with E-state index in [2.05, 4.69) is 17.6 Å². The van der Waals surface area contributed by atoms with Crippen LogP contribution in [0.1, 0.15) is 13.3 Å². The van der Waals surface area contributed by atoms with Gasteiger partial charge in [-0.15, -0.1) is 0 Å². The molecule has 60 valence electrons. The van der Waals surface area contributed by atoms with Crippen LogP contribution < -0.4 is 16.4 Å². The Balaban J connectivity index is 2.13. The van der Waals surface area contributed by atoms with Gasteiger partial charge in [0.15, 0.2) is 0 Å². The lowest BCUT2D eigenvalue weighted by atomic mass is 10.1. The fourth-order valence-corrected chi connectivity index (χ4v) is 1.33. The molecule has 0 unspecified atom stereocenters. The average Bonchev–Trinajstić information content (AvgIpc) is 1.88. The van der Waals surface area contributed by atoms with E-state index in [4.69, 9.17) is 5.73 Å². The molecular formula is C7H17N3. The van der Waals surface area contributed by atoms with E-state index in [9.17, 15) is 0 Å². The number of piperazine rings is 1. The molecule has 1 aliphatic rings. The molecule has 3 heteroatoms. The summed E-state index contributed by atoms with van der Waals surface area (Å²) in [4.78, 5) is 0. The van der Waals surface area contributed by atoms with Crippen molar-refractivity contribution in [1.82, 2.24) is 10.6 Å². The molecule has 0 spiro atoms. The van der Waals surface area contributed by atoms with Crippen LogP contribution in [0.5, 0.6) is 0 Å². The molecule has 0 amide bonds. The van der Waals surface area contributed by atoms with Gasteiger partial charge in [0.05, 0.1) is 0 Å². The van der Waals surface area contributed by atoms with Crippen LogP contribution in [0.2, 0.25) is 0 Å². The fraction of sp³-hybridized carbons (Fsp3) is 1.00. The minimum Gasteiger partial charge on any atom is -0.328 e. The lowest BCUT2D eigenvalue weighted by Crippen LogP contribution is -2.50. The van der Waals surface area contributed by atoms with Crippen molar-refractivity contribution in [2.24, 2.45) is 5.73 Å². The molecule has 0 saturated carbocycles. The van der Waals surface area contributed by atoms with Crippen LogP contribution >= 0.6 is 0 Å². The van der Waals surface area contributed by atoms with Crippen molar-refractivity contribution in [3.63, 3.8) is 0 Å². The minimum atomic E-state index is 0.317. The molecule has 3 nitrogen and oxygen atoms in total. The Kier molecular flexibility index (Phi) is 3.12. The molecule has 0 aromatic carbocycles. The molecule has 0 aliphatic carbocycles. The van der Waals surface area contributed by atoms with Gasteiger partial charge in [0.25, 0.3) is 0 Å². The number of rotatable bonds is 2. The number of hydrogen-bond donors (Lipinski definition) is 3. The van der Waals surface area contributed by atoms with Crippen molar-refractivity contribution < 1.29 is 0 Å². The van der Waals surface area contributed by atoms with Gasteiger partial charge in [-0.05, 0) is 13.3 Å². The molecule has 1 rings (SSSR count). The second kappa shape index (κ2) is 3.91. The zero-order chi connectivity index (χ0) is 7.40. The first-order valence-corrected chi connectivity index (χ1v) is 3.98. The number of hydrogen-bond acceptors (Lipinski definition) is 3. The molecule has 0 radical (unpaired) electrons. The molecule has 0 bridgehead atoms. The average molecular weight is 143 g/mol. The van der Waals surface area contributed by atoms with Crippen molar-refractivity contribution in [1.29, 1.82) is 0 Å². The Bertz CT molecular complexity index is 86.9. The summed E-state index contributed by atoms with van der Waals surface area (Å²) in [6.07, 6.45) is 1.08. The number of nitrogens with one attached hydrogen (secondary N) is 2. The highest BCUT2D eigenvalue weighted by atomic mass is 15.1. The second-order valence-corrected chi connectivity index (χ2v) is 3.07. The van der Waals surface area contributed by atoms with Gasteiger partial charge in [-0.2, -0.15) is 0 Å². The maximum absolute atomic E-state index is 5.66. The van der Waals surface area contributed by atoms with E-state index in [1.807, 2.05) is 0 Å². The zero-order valence-electron chi connectivity index (χ0n) is 6.56. The van der Waals surface area contributed by atoms with Crippen molar-refractivity contribution in [2.45, 2.75) is 25.4 Å². The summed E-state index contributed by atoms with van der Waals surface area (Å²) < 4.78 is 0. The SMILES string of the molecule is C[C@@H](N)C[C@@H]1CNCCN1. The quantitative estimate of drug-likeness (QED) is 0.478. The molecule has 1 fully saturated rings. The van der Waals surface area contributed by atoms with Gasteiger partial charge >= 0.3 is 0 Å². The number of nitrogens with two attached hydrogens (primary N) is 1. The molecule has 10 heavy (non-hydrogen) atoms. The summed E-state index contributed by atoms with van der Waals surface area (Å²) in [5, 5.41) is 6.73. The minimum absolute atomic E-state index is 0.317. The zero-order valence-corrected chi connectivity index (χ0v) is 6.56. The monoisotopic (exact) mass is 143 g/mol. The molecule has 2 atom stereocenters. The largest absolute Gasteiger partial charge is 0.328 e. The molecule has 0 aromatic rings. The Labute approximate surface area is 62.4 Å². The third-order valence-corrected chi connectivity index (χ3v) is 1.78. The van der Waals surface area contributed by atoms with Crippen LogP contribution in [-0.2, 0) is 0 Å². The van der Waals surface area contributed by atoms with E-state index in [0.29, 0.717) is 12.1 Å². The van der Waals surface area contributed by atoms with Gasteiger partial charge in [-0.3, -0.25) is 0 Å². The van der Waals surface area contributed by atoms with Crippen LogP contribution in [0.3, 0.4) is 0 Å². The maximum Gasteiger partial charge on any atom is 0.0207 e. The second-order valence-electron chi connectivity index (χ2n) is 3.07. The highest BCUT2D eigenvalue weighted by Crippen LogP contribution is 1.96. The van der Waals surface area contributed by atoms with Crippen LogP contribution in [0.15, 0.2) is 0 Å². The van der Waals surface area contributed by atoms with Crippen molar-refractivity contribution >= 4 is 0 Å². The topological polar surface area (TPSA) is 50.1 Å². The summed E-state index contributed by atoms with van der Waals surface area (Å²) in [6.45, 7) is 5.30. The first-order valence-electron chi connectivity index (χ1n) is 3.98. The lowest BCUT2D eigenvalue weighted by molar-refractivity contribution is 0.382. The lowest BCUT2D eigenvalue weighted by Gasteiger charge is -2.25. The van der Waals surface area contributed by atoms with Gasteiger partial charge in [-0.25, -0.2) is 0 Å². The maximum atomic E-state index is 5.66. The van der Waals surface area contributed by atoms with Crippen LogP contribution in [-0.4, -0.2) is 31.7 Å². The summed E-state index contributed by atoms with van der Waals surface area (Å²) in [5.74, 6) is 0. The van der Waals surface area contributed by atoms with Crippen LogP contribution in [0.4, 0.5) is 0 Å². The van der Waals surface area contributed by atoms with Gasteiger partial charge in [0.1, 0.15) is 0 Å². The first kappa shape index (κ1) is 7.98. The predicted molar refractivity (Wildman–Crippen MR) is 42.9 cm³/mol. The summed E-state index contributed by atoms with van der Waals surface area (Å²) >= 11 is 0. The smallest absolute Gasteiger partial charge is 0.0207 e. The molecule has 1 saturated heterocycles. The third kappa shape index (κ3) is 2.64. The Hall–Kier alpha value is -0.120.